The number of nitrogens with zero attached hydrogens (tertiary/aromatic N) is 1. The van der Waals surface area contributed by atoms with Gasteiger partial charge in [0.15, 0.2) is 0 Å². The Morgan fingerprint density at radius 1 is 1.13 bits per heavy atom. The first kappa shape index (κ1) is 22.8. The molecule has 0 spiro atoms. The summed E-state index contributed by atoms with van der Waals surface area (Å²) in [7, 11) is -3.58. The van der Waals surface area contributed by atoms with Crippen molar-refractivity contribution in [3.63, 3.8) is 0 Å². The van der Waals surface area contributed by atoms with Gasteiger partial charge < -0.3 is 10.1 Å². The van der Waals surface area contributed by atoms with E-state index in [0.29, 0.717) is 42.2 Å². The number of rotatable bonds is 8. The summed E-state index contributed by atoms with van der Waals surface area (Å²) in [5.41, 5.74) is 1.23. The van der Waals surface area contributed by atoms with E-state index in [0.717, 1.165) is 24.2 Å². The predicted molar refractivity (Wildman–Crippen MR) is 120 cm³/mol. The molecule has 1 aliphatic heterocycles. The zero-order valence-electron chi connectivity index (χ0n) is 17.2. The highest BCUT2D eigenvalue weighted by Gasteiger charge is 2.28. The molecule has 6 nitrogen and oxygen atoms in total. The average molecular weight is 495 g/mol. The Labute approximate surface area is 186 Å². The van der Waals surface area contributed by atoms with Crippen LogP contribution in [0.2, 0.25) is 0 Å². The number of sulfonamides is 1. The smallest absolute Gasteiger partial charge is 0.252 e. The number of hydrogen-bond donors (Lipinski definition) is 1. The minimum atomic E-state index is -3.58. The van der Waals surface area contributed by atoms with E-state index in [1.807, 2.05) is 24.3 Å². The molecule has 1 saturated heterocycles. The zero-order chi connectivity index (χ0) is 21.7. The highest BCUT2D eigenvalue weighted by molar-refractivity contribution is 9.10. The maximum atomic E-state index is 12.8. The first-order valence-corrected chi connectivity index (χ1v) is 12.3. The summed E-state index contributed by atoms with van der Waals surface area (Å²) in [6, 6.07) is 12.1. The molecule has 0 atom stereocenters. The van der Waals surface area contributed by atoms with Crippen molar-refractivity contribution in [1.82, 2.24) is 9.62 Å². The van der Waals surface area contributed by atoms with Crippen LogP contribution in [0.1, 0.15) is 42.6 Å². The van der Waals surface area contributed by atoms with Crippen molar-refractivity contribution in [1.29, 1.82) is 0 Å². The van der Waals surface area contributed by atoms with Gasteiger partial charge in [0, 0.05) is 24.1 Å². The lowest BCUT2D eigenvalue weighted by atomic mass is 10.2. The Kier molecular flexibility index (Phi) is 7.55. The Hall–Kier alpha value is -1.90. The van der Waals surface area contributed by atoms with Gasteiger partial charge >= 0.3 is 0 Å². The second-order valence-electron chi connectivity index (χ2n) is 7.78. The van der Waals surface area contributed by atoms with Crippen molar-refractivity contribution in [3.05, 3.63) is 58.1 Å². The average Bonchev–Trinajstić information content (AvgIpc) is 3.27. The lowest BCUT2D eigenvalue weighted by molar-refractivity contribution is 0.0950. The summed E-state index contributed by atoms with van der Waals surface area (Å²) in [4.78, 5) is 12.9. The van der Waals surface area contributed by atoms with Gasteiger partial charge in [0.1, 0.15) is 5.75 Å². The van der Waals surface area contributed by atoms with Gasteiger partial charge in [-0.05, 0) is 70.6 Å². The Bertz CT molecular complexity index is 985. The van der Waals surface area contributed by atoms with E-state index in [1.54, 1.807) is 6.07 Å². The SMILES string of the molecule is CC(C)COc1ccc(CNC(=O)c2cc(S(=O)(=O)N3CCCC3)ccc2Br)cc1. The molecule has 1 fully saturated rings. The van der Waals surface area contributed by atoms with Crippen molar-refractivity contribution in [2.24, 2.45) is 5.92 Å². The van der Waals surface area contributed by atoms with Crippen molar-refractivity contribution in [3.8, 4) is 5.75 Å². The van der Waals surface area contributed by atoms with E-state index in [-0.39, 0.29) is 10.8 Å². The summed E-state index contributed by atoms with van der Waals surface area (Å²) in [6.07, 6.45) is 1.73. The van der Waals surface area contributed by atoms with Crippen LogP contribution < -0.4 is 10.1 Å². The third kappa shape index (κ3) is 5.62. The summed E-state index contributed by atoms with van der Waals surface area (Å²) in [5.74, 6) is 0.911. The molecule has 0 unspecified atom stereocenters. The van der Waals surface area contributed by atoms with E-state index in [1.165, 1.54) is 16.4 Å². The minimum absolute atomic E-state index is 0.143. The van der Waals surface area contributed by atoms with Crippen molar-refractivity contribution in [2.75, 3.05) is 19.7 Å². The van der Waals surface area contributed by atoms with Crippen molar-refractivity contribution in [2.45, 2.75) is 38.1 Å². The normalized spacial score (nSPS) is 14.8. The van der Waals surface area contributed by atoms with Crippen LogP contribution in [0.4, 0.5) is 0 Å². The molecule has 3 rings (SSSR count). The number of halogens is 1. The van der Waals surface area contributed by atoms with Crippen LogP contribution >= 0.6 is 15.9 Å². The number of hydrogen-bond acceptors (Lipinski definition) is 4. The standard InChI is InChI=1S/C22H27BrN2O4S/c1-16(2)15-29-18-7-5-17(6-8-18)14-24-22(26)20-13-19(9-10-21(20)23)30(27,28)25-11-3-4-12-25/h5-10,13,16H,3-4,11-12,14-15H2,1-2H3,(H,24,26). The molecule has 0 radical (unpaired) electrons. The maximum Gasteiger partial charge on any atom is 0.252 e. The lowest BCUT2D eigenvalue weighted by Gasteiger charge is -2.16. The van der Waals surface area contributed by atoms with Crippen LogP contribution in [0.3, 0.4) is 0 Å². The molecule has 8 heteroatoms. The van der Waals surface area contributed by atoms with Gasteiger partial charge in [-0.15, -0.1) is 0 Å². The fourth-order valence-electron chi connectivity index (χ4n) is 3.16. The number of benzene rings is 2. The molecule has 1 amide bonds. The van der Waals surface area contributed by atoms with Crippen molar-refractivity contribution >= 4 is 31.9 Å². The molecule has 1 aliphatic rings. The molecule has 2 aromatic carbocycles. The first-order chi connectivity index (χ1) is 14.3. The molecular formula is C22H27BrN2O4S. The maximum absolute atomic E-state index is 12.8. The monoisotopic (exact) mass is 494 g/mol. The fraction of sp³-hybridized carbons (Fsp3) is 0.409. The van der Waals surface area contributed by atoms with Gasteiger partial charge in [0.05, 0.1) is 17.1 Å². The molecule has 0 aromatic heterocycles. The molecule has 30 heavy (non-hydrogen) atoms. The molecule has 0 saturated carbocycles. The quantitative estimate of drug-likeness (QED) is 0.596. The number of carbonyl (C=O) groups excluding carboxylic acids is 1. The molecule has 1 N–H and O–H groups in total. The first-order valence-electron chi connectivity index (χ1n) is 10.1. The van der Waals surface area contributed by atoms with Crippen LogP contribution in [-0.4, -0.2) is 38.3 Å². The molecule has 162 valence electrons. The number of amides is 1. The molecular weight excluding hydrogens is 468 g/mol. The summed E-state index contributed by atoms with van der Waals surface area (Å²) < 4.78 is 33.3. The minimum Gasteiger partial charge on any atom is -0.493 e. The second kappa shape index (κ2) is 9.94. The van der Waals surface area contributed by atoms with E-state index >= 15 is 0 Å². The number of ether oxygens (including phenoxy) is 1. The third-order valence-electron chi connectivity index (χ3n) is 4.85. The molecule has 2 aromatic rings. The van der Waals surface area contributed by atoms with Gasteiger partial charge in [0.25, 0.3) is 5.91 Å². The topological polar surface area (TPSA) is 75.7 Å². The van der Waals surface area contributed by atoms with E-state index < -0.39 is 10.0 Å². The van der Waals surface area contributed by atoms with Crippen molar-refractivity contribution < 1.29 is 17.9 Å². The number of nitrogens with one attached hydrogen (secondary N) is 1. The molecule has 0 aliphatic carbocycles. The lowest BCUT2D eigenvalue weighted by Crippen LogP contribution is -2.28. The summed E-state index contributed by atoms with van der Waals surface area (Å²) in [6.45, 7) is 6.22. The van der Waals surface area contributed by atoms with E-state index in [2.05, 4.69) is 35.1 Å². The van der Waals surface area contributed by atoms with Crippen LogP contribution in [0.5, 0.6) is 5.75 Å². The van der Waals surface area contributed by atoms with Crippen LogP contribution in [-0.2, 0) is 16.6 Å². The molecule has 0 bridgehead atoms. The highest BCUT2D eigenvalue weighted by Crippen LogP contribution is 2.25. The largest absolute Gasteiger partial charge is 0.493 e. The summed E-state index contributed by atoms with van der Waals surface area (Å²) >= 11 is 3.36. The van der Waals surface area contributed by atoms with Crippen LogP contribution in [0.25, 0.3) is 0 Å². The van der Waals surface area contributed by atoms with Gasteiger partial charge in [0.2, 0.25) is 10.0 Å². The Balaban J connectivity index is 1.66. The highest BCUT2D eigenvalue weighted by atomic mass is 79.9. The fourth-order valence-corrected chi connectivity index (χ4v) is 5.13. The number of carbonyl (C=O) groups is 1. The van der Waals surface area contributed by atoms with Gasteiger partial charge in [-0.1, -0.05) is 26.0 Å². The van der Waals surface area contributed by atoms with Gasteiger partial charge in [-0.3, -0.25) is 4.79 Å². The van der Waals surface area contributed by atoms with E-state index in [4.69, 9.17) is 4.74 Å². The molecule has 1 heterocycles. The van der Waals surface area contributed by atoms with E-state index in [9.17, 15) is 13.2 Å². The van der Waals surface area contributed by atoms with Gasteiger partial charge in [-0.2, -0.15) is 4.31 Å². The third-order valence-corrected chi connectivity index (χ3v) is 7.43. The second-order valence-corrected chi connectivity index (χ2v) is 10.6. The predicted octanol–water partition coefficient (Wildman–Crippen LogP) is 4.20. The summed E-state index contributed by atoms with van der Waals surface area (Å²) in [5, 5.41) is 2.86. The van der Waals surface area contributed by atoms with Crippen LogP contribution in [0, 0.1) is 5.92 Å². The Morgan fingerprint density at radius 3 is 2.43 bits per heavy atom. The van der Waals surface area contributed by atoms with Crippen LogP contribution in [0.15, 0.2) is 51.8 Å². The Morgan fingerprint density at radius 2 is 1.80 bits per heavy atom. The zero-order valence-corrected chi connectivity index (χ0v) is 19.6. The van der Waals surface area contributed by atoms with Gasteiger partial charge in [-0.25, -0.2) is 8.42 Å².